The largest absolute Gasteiger partial charge is 0.165 e. The van der Waals surface area contributed by atoms with Crippen LogP contribution >= 0.6 is 18.6 Å². The molecule has 0 fully saturated rings. The maximum atomic E-state index is 5.34. The van der Waals surface area contributed by atoms with Gasteiger partial charge in [0.05, 0.1) is 0 Å². The summed E-state index contributed by atoms with van der Waals surface area (Å²) in [4.78, 5) is 0. The van der Waals surface area contributed by atoms with Gasteiger partial charge in [-0.15, -0.1) is 55.9 Å². The van der Waals surface area contributed by atoms with Crippen molar-refractivity contribution in [3.63, 3.8) is 0 Å². The van der Waals surface area contributed by atoms with Crippen LogP contribution < -0.4 is 0 Å². The van der Waals surface area contributed by atoms with Crippen LogP contribution in [-0.4, -0.2) is 4.31 Å². The molecule has 0 radical (unpaired) electrons. The Labute approximate surface area is 214 Å². The summed E-state index contributed by atoms with van der Waals surface area (Å²) in [7, 11) is 10.7. The Balaban J connectivity index is 0.000000195. The number of rotatable bonds is 0. The van der Waals surface area contributed by atoms with Gasteiger partial charge in [-0.3, -0.25) is 0 Å². The minimum absolute atomic E-state index is 1.37. The van der Waals surface area contributed by atoms with Gasteiger partial charge in [-0.2, -0.15) is 12.1 Å². The van der Waals surface area contributed by atoms with Gasteiger partial charge >= 0.3 is 45.1 Å². The van der Waals surface area contributed by atoms with Gasteiger partial charge in [0.25, 0.3) is 0 Å². The molecular formula is C30H38Cl2Ti-2. The molecule has 178 valence electrons. The quantitative estimate of drug-likeness (QED) is 0.161. The zero-order valence-electron chi connectivity index (χ0n) is 22.1. The predicted octanol–water partition coefficient (Wildman–Crippen LogP) is 9.94. The van der Waals surface area contributed by atoms with Crippen molar-refractivity contribution in [3.8, 4) is 0 Å². The number of halogens is 2. The van der Waals surface area contributed by atoms with Gasteiger partial charge in [-0.05, 0) is 41.5 Å². The molecule has 0 aliphatic carbocycles. The van der Waals surface area contributed by atoms with Crippen molar-refractivity contribution in [2.24, 2.45) is 0 Å². The molecule has 0 saturated carbocycles. The molecule has 4 aromatic rings. The average Bonchev–Trinajstić information content (AvgIpc) is 3.37. The summed E-state index contributed by atoms with van der Waals surface area (Å²) in [5.41, 5.74) is 14.3. The third kappa shape index (κ3) is 6.09. The molecule has 0 amide bonds. The summed E-state index contributed by atoms with van der Waals surface area (Å²) in [6.45, 7) is 24.0. The molecule has 0 bridgehead atoms. The molecule has 0 saturated heterocycles. The van der Waals surface area contributed by atoms with Gasteiger partial charge in [0.15, 0.2) is 0 Å². The topological polar surface area (TPSA) is 0 Å². The minimum Gasteiger partial charge on any atom is -0.165 e. The van der Waals surface area contributed by atoms with E-state index in [4.69, 9.17) is 18.6 Å². The summed E-state index contributed by atoms with van der Waals surface area (Å²) < 4.78 is 1.86. The first-order valence-corrected chi connectivity index (χ1v) is 16.8. The molecule has 33 heavy (non-hydrogen) atoms. The summed E-state index contributed by atoms with van der Waals surface area (Å²) in [6.07, 6.45) is 0. The molecular weight excluding hydrogens is 479 g/mol. The van der Waals surface area contributed by atoms with Crippen LogP contribution in [0.1, 0.15) is 62.6 Å². The smallest absolute Gasteiger partial charge is 0.0408 e. The summed E-state index contributed by atoms with van der Waals surface area (Å²) in [5.74, 6) is 0. The number of fused-ring (bicyclic) bond motifs is 2. The molecule has 4 rings (SSSR count). The second kappa shape index (κ2) is 11.5. The van der Waals surface area contributed by atoms with Crippen LogP contribution in [0, 0.1) is 69.2 Å². The van der Waals surface area contributed by atoms with E-state index < -0.39 is 15.3 Å². The van der Waals surface area contributed by atoms with Crippen LogP contribution in [0.3, 0.4) is 0 Å². The van der Waals surface area contributed by atoms with Gasteiger partial charge in [0.2, 0.25) is 0 Å². The molecule has 0 aromatic heterocycles. The normalized spacial score (nSPS) is 10.6. The molecule has 4 aromatic carbocycles. The van der Waals surface area contributed by atoms with Crippen LogP contribution in [0.2, 0.25) is 0 Å². The van der Waals surface area contributed by atoms with Gasteiger partial charge in [-0.25, -0.2) is 0 Å². The Morgan fingerprint density at radius 2 is 0.818 bits per heavy atom. The number of hydrogen-bond donors (Lipinski definition) is 0. The van der Waals surface area contributed by atoms with Crippen molar-refractivity contribution in [2.45, 2.75) is 76.2 Å². The van der Waals surface area contributed by atoms with E-state index in [-0.39, 0.29) is 0 Å². The Bertz CT molecular complexity index is 1140. The molecule has 0 heterocycles. The van der Waals surface area contributed by atoms with Crippen LogP contribution in [-0.2, 0) is 15.3 Å². The number of benzene rings is 2. The molecule has 0 spiro atoms. The van der Waals surface area contributed by atoms with Crippen molar-refractivity contribution in [1.29, 1.82) is 0 Å². The first kappa shape index (κ1) is 28.1. The Morgan fingerprint density at radius 3 is 1.09 bits per heavy atom. The van der Waals surface area contributed by atoms with Crippen LogP contribution in [0.4, 0.5) is 0 Å². The average molecular weight is 517 g/mol. The van der Waals surface area contributed by atoms with Crippen LogP contribution in [0.15, 0.2) is 24.3 Å². The van der Waals surface area contributed by atoms with E-state index in [2.05, 4.69) is 93.5 Å². The van der Waals surface area contributed by atoms with E-state index in [0.29, 0.717) is 0 Å². The monoisotopic (exact) mass is 516 g/mol. The van der Waals surface area contributed by atoms with Crippen molar-refractivity contribution < 1.29 is 15.3 Å². The fourth-order valence-corrected chi connectivity index (χ4v) is 4.48. The molecule has 0 atom stereocenters. The van der Waals surface area contributed by atoms with E-state index in [1.807, 2.05) is 11.2 Å². The fraction of sp³-hybridized carbons (Fsp3) is 0.367. The van der Waals surface area contributed by atoms with Gasteiger partial charge in [0, 0.05) is 0 Å². The fourth-order valence-electron chi connectivity index (χ4n) is 4.48. The van der Waals surface area contributed by atoms with Crippen LogP contribution in [0.25, 0.3) is 21.5 Å². The molecule has 0 unspecified atom stereocenters. The standard InChI is InChI=1S/2C14H17.C2H4.2ClH.Ti/c2*1-8-6-13-11(4)9(2)10(3)12(5)14(13)7-8;1-2;;;/h2*6-7H,1-5H3;1H,2H3;2*1H;/q2*-1;;;;+2/p-2. The Morgan fingerprint density at radius 1 is 0.545 bits per heavy atom. The van der Waals surface area contributed by atoms with E-state index >= 15 is 0 Å². The number of hydrogen-bond acceptors (Lipinski definition) is 0. The molecule has 0 nitrogen and oxygen atoms in total. The molecule has 0 N–H and O–H groups in total. The van der Waals surface area contributed by atoms with E-state index in [0.717, 1.165) is 0 Å². The third-order valence-electron chi connectivity index (χ3n) is 7.28. The predicted molar refractivity (Wildman–Crippen MR) is 150 cm³/mol. The van der Waals surface area contributed by atoms with Gasteiger partial charge < -0.3 is 0 Å². The van der Waals surface area contributed by atoms with Crippen molar-refractivity contribution in [1.82, 2.24) is 0 Å². The van der Waals surface area contributed by atoms with E-state index in [1.165, 1.54) is 77.2 Å². The first-order chi connectivity index (χ1) is 15.3. The van der Waals surface area contributed by atoms with Crippen molar-refractivity contribution >= 4 is 44.5 Å². The number of aryl methyl sites for hydroxylation is 6. The van der Waals surface area contributed by atoms with Gasteiger partial charge in [-0.1, -0.05) is 61.1 Å². The zero-order chi connectivity index (χ0) is 25.2. The molecule has 0 aliphatic rings. The van der Waals surface area contributed by atoms with Gasteiger partial charge in [0.1, 0.15) is 0 Å². The zero-order valence-corrected chi connectivity index (χ0v) is 25.2. The Hall–Kier alpha value is -1.18. The third-order valence-corrected chi connectivity index (χ3v) is 9.76. The van der Waals surface area contributed by atoms with E-state index in [9.17, 15) is 0 Å². The Kier molecular flexibility index (Phi) is 9.78. The molecule has 0 aliphatic heterocycles. The summed E-state index contributed by atoms with van der Waals surface area (Å²) >= 11 is -1.54. The minimum atomic E-state index is -1.54. The first-order valence-electron chi connectivity index (χ1n) is 11.6. The second-order valence-corrected chi connectivity index (χ2v) is 15.3. The molecule has 3 heteroatoms. The van der Waals surface area contributed by atoms with Crippen molar-refractivity contribution in [2.75, 3.05) is 0 Å². The van der Waals surface area contributed by atoms with E-state index in [1.54, 1.807) is 0 Å². The second-order valence-electron chi connectivity index (χ2n) is 9.30. The SMILES string of the molecule is C[CH]=[Ti]([Cl])[Cl].Cc1cc2c(C)c(C)c(C)c(C)c2[cH-]1.Cc1cc2c(C)c(C)c(C)c(C)c2[cH-]1. The maximum absolute atomic E-state index is 5.34. The summed E-state index contributed by atoms with van der Waals surface area (Å²) in [6, 6.07) is 9.18. The van der Waals surface area contributed by atoms with Crippen LogP contribution in [0.5, 0.6) is 0 Å². The maximum Gasteiger partial charge on any atom is -0.0408 e. The summed E-state index contributed by atoms with van der Waals surface area (Å²) in [5, 5.41) is 5.73. The van der Waals surface area contributed by atoms with Crippen molar-refractivity contribution in [3.05, 3.63) is 79.9 Å².